The van der Waals surface area contributed by atoms with E-state index in [1.807, 2.05) is 0 Å². The maximum Gasteiger partial charge on any atom is 0.255 e. The Morgan fingerprint density at radius 1 is 1.14 bits per heavy atom. The molecule has 5 nitrogen and oxygen atoms in total. The second-order valence-electron chi connectivity index (χ2n) is 4.53. The molecule has 0 aromatic heterocycles. The average Bonchev–Trinajstić information content (AvgIpc) is 2.41. The van der Waals surface area contributed by atoms with Gasteiger partial charge in [-0.3, -0.25) is 9.52 Å². The van der Waals surface area contributed by atoms with Crippen LogP contribution in [0.5, 0.6) is 0 Å². The van der Waals surface area contributed by atoms with Gasteiger partial charge in [-0.25, -0.2) is 12.8 Å². The summed E-state index contributed by atoms with van der Waals surface area (Å²) in [6.07, 6.45) is 1.01. The van der Waals surface area contributed by atoms with Crippen LogP contribution in [0.1, 0.15) is 10.4 Å². The molecule has 1 amide bonds. The Hall–Kier alpha value is -2.12. The maximum absolute atomic E-state index is 12.8. The quantitative estimate of drug-likeness (QED) is 0.896. The predicted octanol–water partition coefficient (Wildman–Crippen LogP) is 3.10. The van der Waals surface area contributed by atoms with Crippen molar-refractivity contribution >= 4 is 38.9 Å². The molecule has 0 heterocycles. The zero-order valence-corrected chi connectivity index (χ0v) is 13.0. The van der Waals surface area contributed by atoms with Gasteiger partial charge < -0.3 is 5.32 Å². The Morgan fingerprint density at radius 3 is 2.32 bits per heavy atom. The number of hydrogen-bond acceptors (Lipinski definition) is 3. The van der Waals surface area contributed by atoms with E-state index in [0.29, 0.717) is 5.69 Å². The fourth-order valence-corrected chi connectivity index (χ4v) is 2.54. The summed E-state index contributed by atoms with van der Waals surface area (Å²) in [7, 11) is -3.44. The molecule has 0 spiro atoms. The van der Waals surface area contributed by atoms with Gasteiger partial charge in [-0.05, 0) is 42.5 Å². The largest absolute Gasteiger partial charge is 0.322 e. The third-order valence-electron chi connectivity index (χ3n) is 2.63. The van der Waals surface area contributed by atoms with Gasteiger partial charge in [0.2, 0.25) is 10.0 Å². The van der Waals surface area contributed by atoms with Crippen LogP contribution in [0.2, 0.25) is 5.02 Å². The molecule has 2 aromatic carbocycles. The lowest BCUT2D eigenvalue weighted by Gasteiger charge is -2.09. The first-order chi connectivity index (χ1) is 10.2. The summed E-state index contributed by atoms with van der Waals surface area (Å²) in [5, 5.41) is 2.73. The zero-order valence-electron chi connectivity index (χ0n) is 11.4. The molecule has 0 saturated heterocycles. The van der Waals surface area contributed by atoms with Crippen LogP contribution in [0.25, 0.3) is 0 Å². The number of hydrogen-bond donors (Lipinski definition) is 2. The molecule has 2 rings (SSSR count). The van der Waals surface area contributed by atoms with Gasteiger partial charge in [-0.15, -0.1) is 0 Å². The van der Waals surface area contributed by atoms with Gasteiger partial charge >= 0.3 is 0 Å². The number of carbonyl (C=O) groups is 1. The molecule has 0 fully saturated rings. The van der Waals surface area contributed by atoms with Crippen molar-refractivity contribution in [3.63, 3.8) is 0 Å². The first kappa shape index (κ1) is 16.3. The van der Waals surface area contributed by atoms with Crippen molar-refractivity contribution in [2.45, 2.75) is 0 Å². The Morgan fingerprint density at radius 2 is 1.77 bits per heavy atom. The van der Waals surface area contributed by atoms with Gasteiger partial charge in [-0.1, -0.05) is 11.6 Å². The lowest BCUT2D eigenvalue weighted by molar-refractivity contribution is 0.102. The summed E-state index contributed by atoms with van der Waals surface area (Å²) in [6, 6.07) is 9.42. The molecule has 0 bridgehead atoms. The van der Waals surface area contributed by atoms with Gasteiger partial charge in [0.15, 0.2) is 0 Å². The Labute approximate surface area is 132 Å². The summed E-state index contributed by atoms with van der Waals surface area (Å²) < 4.78 is 37.4. The van der Waals surface area contributed by atoms with Crippen molar-refractivity contribution in [1.29, 1.82) is 0 Å². The molecular formula is C14H12ClFN2O3S. The van der Waals surface area contributed by atoms with E-state index >= 15 is 0 Å². The molecule has 0 aliphatic carbocycles. The molecule has 8 heteroatoms. The van der Waals surface area contributed by atoms with Gasteiger partial charge in [-0.2, -0.15) is 0 Å². The highest BCUT2D eigenvalue weighted by atomic mass is 35.5. The molecule has 116 valence electrons. The number of rotatable bonds is 4. The second-order valence-corrected chi connectivity index (χ2v) is 6.69. The highest BCUT2D eigenvalue weighted by Gasteiger charge is 2.10. The SMILES string of the molecule is CS(=O)(=O)Nc1ccc(NC(=O)c2ccc(F)cc2)cc1Cl. The summed E-state index contributed by atoms with van der Waals surface area (Å²) in [4.78, 5) is 12.0. The highest BCUT2D eigenvalue weighted by molar-refractivity contribution is 7.92. The Kier molecular flexibility index (Phi) is 4.68. The minimum Gasteiger partial charge on any atom is -0.322 e. The summed E-state index contributed by atoms with van der Waals surface area (Å²) >= 11 is 5.96. The van der Waals surface area contributed by atoms with Crippen molar-refractivity contribution in [3.8, 4) is 0 Å². The molecule has 0 radical (unpaired) electrons. The van der Waals surface area contributed by atoms with Crippen LogP contribution in [0.3, 0.4) is 0 Å². The smallest absolute Gasteiger partial charge is 0.255 e. The fraction of sp³-hybridized carbons (Fsp3) is 0.0714. The van der Waals surface area contributed by atoms with E-state index < -0.39 is 21.7 Å². The van der Waals surface area contributed by atoms with Crippen LogP contribution >= 0.6 is 11.6 Å². The average molecular weight is 343 g/mol. The standard InChI is InChI=1S/C14H12ClFN2O3S/c1-22(20,21)18-13-7-6-11(8-12(13)15)17-14(19)9-2-4-10(16)5-3-9/h2-8,18H,1H3,(H,17,19). The van der Waals surface area contributed by atoms with Gasteiger partial charge in [0.05, 0.1) is 17.0 Å². The summed E-state index contributed by atoms with van der Waals surface area (Å²) in [6.45, 7) is 0. The minimum atomic E-state index is -3.44. The van der Waals surface area contributed by atoms with E-state index in [0.717, 1.165) is 6.26 Å². The predicted molar refractivity (Wildman–Crippen MR) is 84.3 cm³/mol. The van der Waals surface area contributed by atoms with Crippen LogP contribution in [-0.2, 0) is 10.0 Å². The topological polar surface area (TPSA) is 75.3 Å². The van der Waals surface area contributed by atoms with Crippen molar-refractivity contribution in [2.75, 3.05) is 16.3 Å². The van der Waals surface area contributed by atoms with E-state index in [1.165, 1.54) is 42.5 Å². The molecule has 0 aliphatic heterocycles. The first-order valence-electron chi connectivity index (χ1n) is 6.09. The normalized spacial score (nSPS) is 11.0. The Bertz CT molecular complexity index is 807. The van der Waals surface area contributed by atoms with E-state index in [2.05, 4.69) is 10.0 Å². The van der Waals surface area contributed by atoms with Crippen molar-refractivity contribution < 1.29 is 17.6 Å². The van der Waals surface area contributed by atoms with E-state index in [4.69, 9.17) is 11.6 Å². The number of halogens is 2. The number of sulfonamides is 1. The number of nitrogens with one attached hydrogen (secondary N) is 2. The molecule has 0 saturated carbocycles. The second kappa shape index (κ2) is 6.33. The number of benzene rings is 2. The van der Waals surface area contributed by atoms with E-state index in [-0.39, 0.29) is 16.3 Å². The lowest BCUT2D eigenvalue weighted by atomic mass is 10.2. The van der Waals surface area contributed by atoms with Gasteiger partial charge in [0, 0.05) is 11.3 Å². The zero-order chi connectivity index (χ0) is 16.3. The van der Waals surface area contributed by atoms with Crippen LogP contribution in [0, 0.1) is 5.82 Å². The molecule has 0 aliphatic rings. The number of amides is 1. The van der Waals surface area contributed by atoms with Crippen molar-refractivity contribution in [3.05, 3.63) is 58.9 Å². The summed E-state index contributed by atoms with van der Waals surface area (Å²) in [5.41, 5.74) is 0.887. The van der Waals surface area contributed by atoms with Crippen molar-refractivity contribution in [2.24, 2.45) is 0 Å². The number of anilines is 2. The van der Waals surface area contributed by atoms with Crippen LogP contribution < -0.4 is 10.0 Å². The van der Waals surface area contributed by atoms with Crippen LogP contribution in [0.15, 0.2) is 42.5 Å². The molecule has 0 atom stereocenters. The van der Waals surface area contributed by atoms with E-state index in [9.17, 15) is 17.6 Å². The molecule has 2 N–H and O–H groups in total. The Balaban J connectivity index is 2.15. The first-order valence-corrected chi connectivity index (χ1v) is 8.36. The molecule has 0 unspecified atom stereocenters. The third kappa shape index (κ3) is 4.44. The van der Waals surface area contributed by atoms with Crippen LogP contribution in [-0.4, -0.2) is 20.6 Å². The molecular weight excluding hydrogens is 331 g/mol. The maximum atomic E-state index is 12.8. The monoisotopic (exact) mass is 342 g/mol. The third-order valence-corrected chi connectivity index (χ3v) is 3.53. The minimum absolute atomic E-state index is 0.141. The van der Waals surface area contributed by atoms with Crippen molar-refractivity contribution in [1.82, 2.24) is 0 Å². The molecule has 22 heavy (non-hydrogen) atoms. The van der Waals surface area contributed by atoms with Crippen LogP contribution in [0.4, 0.5) is 15.8 Å². The summed E-state index contributed by atoms with van der Waals surface area (Å²) in [5.74, 6) is -0.865. The fourth-order valence-electron chi connectivity index (χ4n) is 1.68. The molecule has 2 aromatic rings. The lowest BCUT2D eigenvalue weighted by Crippen LogP contribution is -2.13. The van der Waals surface area contributed by atoms with Gasteiger partial charge in [0.25, 0.3) is 5.91 Å². The van der Waals surface area contributed by atoms with E-state index in [1.54, 1.807) is 0 Å². The highest BCUT2D eigenvalue weighted by Crippen LogP contribution is 2.26. The number of carbonyl (C=O) groups excluding carboxylic acids is 1. The van der Waals surface area contributed by atoms with Gasteiger partial charge in [0.1, 0.15) is 5.82 Å².